The molecule has 0 bridgehead atoms. The van der Waals surface area contributed by atoms with E-state index in [9.17, 15) is 4.79 Å². The lowest BCUT2D eigenvalue weighted by Gasteiger charge is -2.33. The summed E-state index contributed by atoms with van der Waals surface area (Å²) in [6, 6.07) is 0.265. The van der Waals surface area contributed by atoms with Gasteiger partial charge in [-0.15, -0.1) is 5.10 Å². The topological polar surface area (TPSA) is 77.0 Å². The number of hydrogen-bond donors (Lipinski definition) is 1. The second-order valence-electron chi connectivity index (χ2n) is 6.27. The standard InChI is InChI=1S/C15H27N5O/c1-4-13(16)14-9-20(18-17-14)10-15(21)19(3)12-7-5-11(2)6-8-12/h9,11-13H,4-8,10,16H2,1-3H3. The first-order chi connectivity index (χ1) is 10.0. The third-order valence-electron chi connectivity index (χ3n) is 4.60. The van der Waals surface area contributed by atoms with Gasteiger partial charge in [-0.05, 0) is 38.0 Å². The number of amides is 1. The largest absolute Gasteiger partial charge is 0.341 e. The van der Waals surface area contributed by atoms with Crippen molar-refractivity contribution >= 4 is 5.91 Å². The van der Waals surface area contributed by atoms with Gasteiger partial charge in [0.1, 0.15) is 6.54 Å². The molecule has 1 unspecified atom stereocenters. The summed E-state index contributed by atoms with van der Waals surface area (Å²) in [5.41, 5.74) is 6.67. The van der Waals surface area contributed by atoms with Gasteiger partial charge in [-0.3, -0.25) is 4.79 Å². The molecule has 1 aromatic rings. The fourth-order valence-electron chi connectivity index (χ4n) is 2.85. The molecule has 1 aliphatic carbocycles. The lowest BCUT2D eigenvalue weighted by molar-refractivity contribution is -0.133. The molecule has 2 N–H and O–H groups in total. The van der Waals surface area contributed by atoms with Crippen LogP contribution >= 0.6 is 0 Å². The van der Waals surface area contributed by atoms with Crippen LogP contribution in [0.5, 0.6) is 0 Å². The van der Waals surface area contributed by atoms with Crippen LogP contribution in [0.2, 0.25) is 0 Å². The first-order valence-electron chi connectivity index (χ1n) is 7.92. The van der Waals surface area contributed by atoms with E-state index in [0.717, 1.165) is 30.9 Å². The predicted molar refractivity (Wildman–Crippen MR) is 81.4 cm³/mol. The molecule has 1 amide bonds. The molecule has 6 heteroatoms. The van der Waals surface area contributed by atoms with Gasteiger partial charge in [0.25, 0.3) is 0 Å². The van der Waals surface area contributed by atoms with E-state index < -0.39 is 0 Å². The maximum atomic E-state index is 12.3. The van der Waals surface area contributed by atoms with Gasteiger partial charge in [-0.1, -0.05) is 19.1 Å². The Hall–Kier alpha value is -1.43. The minimum Gasteiger partial charge on any atom is -0.341 e. The summed E-state index contributed by atoms with van der Waals surface area (Å²) in [6.07, 6.45) is 7.22. The molecule has 0 saturated heterocycles. The van der Waals surface area contributed by atoms with E-state index in [2.05, 4.69) is 17.2 Å². The van der Waals surface area contributed by atoms with Crippen LogP contribution in [0.15, 0.2) is 6.20 Å². The molecule has 1 atom stereocenters. The molecule has 0 aliphatic heterocycles. The molecule has 118 valence electrons. The lowest BCUT2D eigenvalue weighted by Crippen LogP contribution is -2.41. The highest BCUT2D eigenvalue weighted by Gasteiger charge is 2.25. The van der Waals surface area contributed by atoms with E-state index in [1.165, 1.54) is 12.8 Å². The van der Waals surface area contributed by atoms with Crippen molar-refractivity contribution in [2.45, 2.75) is 64.6 Å². The van der Waals surface area contributed by atoms with Gasteiger partial charge in [-0.25, -0.2) is 4.68 Å². The smallest absolute Gasteiger partial charge is 0.244 e. The SMILES string of the molecule is CCC(N)c1cn(CC(=O)N(C)C2CCC(C)CC2)nn1. The molecule has 0 aromatic carbocycles. The van der Waals surface area contributed by atoms with Crippen molar-refractivity contribution in [2.75, 3.05) is 7.05 Å². The molecule has 21 heavy (non-hydrogen) atoms. The second kappa shape index (κ2) is 7.02. The van der Waals surface area contributed by atoms with E-state index in [0.29, 0.717) is 6.04 Å². The van der Waals surface area contributed by atoms with E-state index in [-0.39, 0.29) is 18.5 Å². The Labute approximate surface area is 126 Å². The van der Waals surface area contributed by atoms with E-state index in [4.69, 9.17) is 5.73 Å². The fourth-order valence-corrected chi connectivity index (χ4v) is 2.85. The zero-order chi connectivity index (χ0) is 15.4. The molecular formula is C15H27N5O. The summed E-state index contributed by atoms with van der Waals surface area (Å²) >= 11 is 0. The normalized spacial score (nSPS) is 23.8. The summed E-state index contributed by atoms with van der Waals surface area (Å²) in [4.78, 5) is 14.2. The Bertz CT molecular complexity index is 464. The van der Waals surface area contributed by atoms with E-state index in [1.54, 1.807) is 10.9 Å². The molecule has 1 aliphatic rings. The molecule has 1 heterocycles. The Morgan fingerprint density at radius 2 is 2.14 bits per heavy atom. The first-order valence-corrected chi connectivity index (χ1v) is 7.92. The highest BCUT2D eigenvalue weighted by molar-refractivity contribution is 5.75. The van der Waals surface area contributed by atoms with Crippen LogP contribution in [-0.2, 0) is 11.3 Å². The van der Waals surface area contributed by atoms with Crippen molar-refractivity contribution in [3.63, 3.8) is 0 Å². The molecule has 0 radical (unpaired) electrons. The first kappa shape index (κ1) is 15.9. The summed E-state index contributed by atoms with van der Waals surface area (Å²) in [6.45, 7) is 4.53. The fraction of sp³-hybridized carbons (Fsp3) is 0.800. The number of aromatic nitrogens is 3. The Morgan fingerprint density at radius 1 is 1.48 bits per heavy atom. The van der Waals surface area contributed by atoms with Crippen molar-refractivity contribution in [1.29, 1.82) is 0 Å². The Morgan fingerprint density at radius 3 is 2.76 bits per heavy atom. The zero-order valence-corrected chi connectivity index (χ0v) is 13.3. The molecule has 6 nitrogen and oxygen atoms in total. The number of nitrogens with zero attached hydrogens (tertiary/aromatic N) is 4. The third-order valence-corrected chi connectivity index (χ3v) is 4.60. The zero-order valence-electron chi connectivity index (χ0n) is 13.3. The number of carbonyl (C=O) groups excluding carboxylic acids is 1. The van der Waals surface area contributed by atoms with Crippen LogP contribution in [0.25, 0.3) is 0 Å². The van der Waals surface area contributed by atoms with Gasteiger partial charge in [0, 0.05) is 13.1 Å². The quantitative estimate of drug-likeness (QED) is 0.897. The third kappa shape index (κ3) is 4.03. The van der Waals surface area contributed by atoms with Crippen molar-refractivity contribution in [3.8, 4) is 0 Å². The van der Waals surface area contributed by atoms with Crippen molar-refractivity contribution < 1.29 is 4.79 Å². The van der Waals surface area contributed by atoms with Gasteiger partial charge in [0.2, 0.25) is 5.91 Å². The summed E-state index contributed by atoms with van der Waals surface area (Å²) in [7, 11) is 1.90. The van der Waals surface area contributed by atoms with Crippen molar-refractivity contribution in [2.24, 2.45) is 11.7 Å². The average molecular weight is 293 g/mol. The number of likely N-dealkylation sites (N-methyl/N-ethyl adjacent to an activating group) is 1. The summed E-state index contributed by atoms with van der Waals surface area (Å²) in [5, 5.41) is 8.04. The second-order valence-corrected chi connectivity index (χ2v) is 6.27. The van der Waals surface area contributed by atoms with Crippen LogP contribution in [0.1, 0.15) is 57.7 Å². The summed E-state index contributed by atoms with van der Waals surface area (Å²) in [5.74, 6) is 0.884. The minimum atomic E-state index is -0.105. The van der Waals surface area contributed by atoms with E-state index >= 15 is 0 Å². The number of carbonyl (C=O) groups is 1. The van der Waals surface area contributed by atoms with E-state index in [1.807, 2.05) is 18.9 Å². The van der Waals surface area contributed by atoms with Gasteiger partial charge >= 0.3 is 0 Å². The monoisotopic (exact) mass is 293 g/mol. The van der Waals surface area contributed by atoms with Crippen LogP contribution in [0, 0.1) is 5.92 Å². The lowest BCUT2D eigenvalue weighted by atomic mass is 9.87. The predicted octanol–water partition coefficient (Wildman–Crippen LogP) is 1.72. The Balaban J connectivity index is 1.90. The average Bonchev–Trinajstić information content (AvgIpc) is 2.95. The maximum Gasteiger partial charge on any atom is 0.244 e. The molecular weight excluding hydrogens is 266 g/mol. The molecule has 1 fully saturated rings. The highest BCUT2D eigenvalue weighted by Crippen LogP contribution is 2.26. The van der Waals surface area contributed by atoms with Crippen molar-refractivity contribution in [3.05, 3.63) is 11.9 Å². The molecule has 1 aromatic heterocycles. The van der Waals surface area contributed by atoms with Crippen LogP contribution < -0.4 is 5.73 Å². The van der Waals surface area contributed by atoms with Crippen LogP contribution in [0.3, 0.4) is 0 Å². The van der Waals surface area contributed by atoms with Gasteiger partial charge in [0.05, 0.1) is 17.9 Å². The summed E-state index contributed by atoms with van der Waals surface area (Å²) < 4.78 is 1.59. The van der Waals surface area contributed by atoms with Crippen molar-refractivity contribution in [1.82, 2.24) is 19.9 Å². The molecule has 2 rings (SSSR count). The number of rotatable bonds is 5. The molecule has 0 spiro atoms. The Kier molecular flexibility index (Phi) is 5.33. The number of hydrogen-bond acceptors (Lipinski definition) is 4. The number of nitrogens with two attached hydrogens (primary N) is 1. The van der Waals surface area contributed by atoms with Crippen LogP contribution in [0.4, 0.5) is 0 Å². The van der Waals surface area contributed by atoms with Gasteiger partial charge in [0.15, 0.2) is 0 Å². The van der Waals surface area contributed by atoms with Gasteiger partial charge in [-0.2, -0.15) is 0 Å². The minimum absolute atomic E-state index is 0.0936. The highest BCUT2D eigenvalue weighted by atomic mass is 16.2. The van der Waals surface area contributed by atoms with Crippen LogP contribution in [-0.4, -0.2) is 38.9 Å². The molecule has 1 saturated carbocycles. The maximum absolute atomic E-state index is 12.3. The van der Waals surface area contributed by atoms with Gasteiger partial charge < -0.3 is 10.6 Å².